The Kier molecular flexibility index (Phi) is 3.65. The summed E-state index contributed by atoms with van der Waals surface area (Å²) >= 11 is 2.13. The molecular formula is C11H12INO3. The predicted octanol–water partition coefficient (Wildman–Crippen LogP) is 1.82. The highest BCUT2D eigenvalue weighted by Gasteiger charge is 2.21. The van der Waals surface area contributed by atoms with Gasteiger partial charge >= 0.3 is 5.97 Å². The van der Waals surface area contributed by atoms with Gasteiger partial charge in [-0.25, -0.2) is 4.79 Å². The fourth-order valence-corrected chi connectivity index (χ4v) is 2.02. The number of anilines is 1. The average molecular weight is 333 g/mol. The van der Waals surface area contributed by atoms with E-state index in [0.717, 1.165) is 9.99 Å². The second-order valence-corrected chi connectivity index (χ2v) is 4.87. The van der Waals surface area contributed by atoms with Gasteiger partial charge in [-0.3, -0.25) is 0 Å². The van der Waals surface area contributed by atoms with Gasteiger partial charge in [-0.1, -0.05) is 0 Å². The summed E-state index contributed by atoms with van der Waals surface area (Å²) in [6.45, 7) is 1.13. The molecule has 1 fully saturated rings. The van der Waals surface area contributed by atoms with E-state index in [4.69, 9.17) is 15.2 Å². The number of esters is 1. The first kappa shape index (κ1) is 11.7. The van der Waals surface area contributed by atoms with Crippen molar-refractivity contribution < 1.29 is 14.3 Å². The van der Waals surface area contributed by atoms with Crippen molar-refractivity contribution in [2.45, 2.75) is 12.5 Å². The number of carbonyl (C=O) groups excluding carboxylic acids is 1. The molecule has 1 aliphatic rings. The lowest BCUT2D eigenvalue weighted by molar-refractivity contribution is 0.0272. The molecule has 1 aromatic rings. The van der Waals surface area contributed by atoms with Crippen molar-refractivity contribution in [2.75, 3.05) is 18.9 Å². The maximum atomic E-state index is 11.8. The predicted molar refractivity (Wildman–Crippen MR) is 68.2 cm³/mol. The first-order valence-corrected chi connectivity index (χ1v) is 6.08. The summed E-state index contributed by atoms with van der Waals surface area (Å²) in [5, 5.41) is 0. The Morgan fingerprint density at radius 2 is 2.38 bits per heavy atom. The molecule has 0 spiro atoms. The van der Waals surface area contributed by atoms with Gasteiger partial charge in [-0.2, -0.15) is 0 Å². The van der Waals surface area contributed by atoms with Crippen molar-refractivity contribution in [1.29, 1.82) is 0 Å². The van der Waals surface area contributed by atoms with Crippen LogP contribution in [-0.4, -0.2) is 25.3 Å². The third-order valence-corrected chi connectivity index (χ3v) is 3.07. The second-order valence-electron chi connectivity index (χ2n) is 3.62. The van der Waals surface area contributed by atoms with E-state index in [-0.39, 0.29) is 12.1 Å². The van der Waals surface area contributed by atoms with E-state index in [9.17, 15) is 4.79 Å². The number of rotatable bonds is 2. The zero-order valence-corrected chi connectivity index (χ0v) is 10.8. The lowest BCUT2D eigenvalue weighted by atomic mass is 10.2. The molecule has 1 unspecified atom stereocenters. The minimum atomic E-state index is -0.369. The first-order valence-electron chi connectivity index (χ1n) is 5.00. The molecular weight excluding hydrogens is 321 g/mol. The van der Waals surface area contributed by atoms with Crippen molar-refractivity contribution in [2.24, 2.45) is 0 Å². The molecule has 0 saturated carbocycles. The van der Waals surface area contributed by atoms with E-state index in [1.54, 1.807) is 12.1 Å². The molecule has 1 aromatic carbocycles. The highest BCUT2D eigenvalue weighted by atomic mass is 127. The number of nitrogen functional groups attached to an aromatic ring is 1. The zero-order valence-electron chi connectivity index (χ0n) is 8.61. The Hall–Kier alpha value is -0.820. The number of nitrogens with two attached hydrogens (primary N) is 1. The Morgan fingerprint density at radius 1 is 1.56 bits per heavy atom. The van der Waals surface area contributed by atoms with Gasteiger partial charge in [0.25, 0.3) is 0 Å². The molecule has 1 saturated heterocycles. The van der Waals surface area contributed by atoms with Crippen LogP contribution in [0.3, 0.4) is 0 Å². The van der Waals surface area contributed by atoms with E-state index in [2.05, 4.69) is 22.6 Å². The van der Waals surface area contributed by atoms with Crippen molar-refractivity contribution >= 4 is 34.2 Å². The van der Waals surface area contributed by atoms with Crippen LogP contribution in [0.25, 0.3) is 0 Å². The van der Waals surface area contributed by atoms with E-state index in [1.165, 1.54) is 0 Å². The van der Waals surface area contributed by atoms with Crippen LogP contribution in [0.15, 0.2) is 18.2 Å². The molecule has 1 atom stereocenters. The normalized spacial score (nSPS) is 19.7. The van der Waals surface area contributed by atoms with Crippen LogP contribution in [0.1, 0.15) is 16.8 Å². The quantitative estimate of drug-likeness (QED) is 0.510. The lowest BCUT2D eigenvalue weighted by Crippen LogP contribution is -2.19. The van der Waals surface area contributed by atoms with Gasteiger partial charge < -0.3 is 15.2 Å². The van der Waals surface area contributed by atoms with Crippen LogP contribution in [0.2, 0.25) is 0 Å². The largest absolute Gasteiger partial charge is 0.456 e. The molecule has 86 valence electrons. The Balaban J connectivity index is 2.10. The smallest absolute Gasteiger partial charge is 0.340 e. The molecule has 4 nitrogen and oxygen atoms in total. The fraction of sp³-hybridized carbons (Fsp3) is 0.364. The van der Waals surface area contributed by atoms with Gasteiger partial charge in [-0.05, 0) is 40.8 Å². The Labute approximate surface area is 107 Å². The summed E-state index contributed by atoms with van der Waals surface area (Å²) in [7, 11) is 0. The van der Waals surface area contributed by atoms with Crippen LogP contribution < -0.4 is 5.73 Å². The molecule has 16 heavy (non-hydrogen) atoms. The van der Waals surface area contributed by atoms with Crippen molar-refractivity contribution in [3.63, 3.8) is 0 Å². The number of hydrogen-bond acceptors (Lipinski definition) is 4. The van der Waals surface area contributed by atoms with Gasteiger partial charge in [0, 0.05) is 15.7 Å². The van der Waals surface area contributed by atoms with Crippen molar-refractivity contribution in [3.05, 3.63) is 27.3 Å². The highest BCUT2D eigenvalue weighted by Crippen LogP contribution is 2.19. The second kappa shape index (κ2) is 5.01. The summed E-state index contributed by atoms with van der Waals surface area (Å²) in [4.78, 5) is 11.8. The molecule has 2 N–H and O–H groups in total. The molecule has 0 bridgehead atoms. The highest BCUT2D eigenvalue weighted by molar-refractivity contribution is 14.1. The van der Waals surface area contributed by atoms with Crippen molar-refractivity contribution in [3.8, 4) is 0 Å². The summed E-state index contributed by atoms with van der Waals surface area (Å²) in [5.74, 6) is -0.369. The number of benzene rings is 1. The SMILES string of the molecule is Nc1ccc(I)cc1C(=O)OC1CCOC1. The van der Waals surface area contributed by atoms with Gasteiger partial charge in [0.2, 0.25) is 0 Å². The minimum absolute atomic E-state index is 0.134. The van der Waals surface area contributed by atoms with E-state index >= 15 is 0 Å². The molecule has 0 radical (unpaired) electrons. The van der Waals surface area contributed by atoms with E-state index in [0.29, 0.717) is 24.5 Å². The Bertz CT molecular complexity index is 402. The number of hydrogen-bond donors (Lipinski definition) is 1. The summed E-state index contributed by atoms with van der Waals surface area (Å²) in [5.41, 5.74) is 6.61. The topological polar surface area (TPSA) is 61.6 Å². The maximum Gasteiger partial charge on any atom is 0.340 e. The van der Waals surface area contributed by atoms with Gasteiger partial charge in [0.05, 0.1) is 18.8 Å². The molecule has 1 heterocycles. The molecule has 2 rings (SSSR count). The summed E-state index contributed by atoms with van der Waals surface area (Å²) in [6, 6.07) is 5.29. The third kappa shape index (κ3) is 2.65. The molecule has 1 aliphatic heterocycles. The molecule has 0 amide bonds. The Morgan fingerprint density at radius 3 is 3.06 bits per heavy atom. The standard InChI is InChI=1S/C11H12INO3/c12-7-1-2-10(13)9(5-7)11(14)16-8-3-4-15-6-8/h1-2,5,8H,3-4,6,13H2. The van der Waals surface area contributed by atoms with Crippen LogP contribution in [-0.2, 0) is 9.47 Å². The van der Waals surface area contributed by atoms with Crippen LogP contribution >= 0.6 is 22.6 Å². The van der Waals surface area contributed by atoms with Crippen molar-refractivity contribution in [1.82, 2.24) is 0 Å². The minimum Gasteiger partial charge on any atom is -0.456 e. The monoisotopic (exact) mass is 333 g/mol. The van der Waals surface area contributed by atoms with Crippen LogP contribution in [0, 0.1) is 3.57 Å². The average Bonchev–Trinajstić information content (AvgIpc) is 2.74. The van der Waals surface area contributed by atoms with Gasteiger partial charge in [0.1, 0.15) is 6.10 Å². The molecule has 0 aliphatic carbocycles. The van der Waals surface area contributed by atoms with E-state index in [1.807, 2.05) is 6.07 Å². The van der Waals surface area contributed by atoms with E-state index < -0.39 is 0 Å². The summed E-state index contributed by atoms with van der Waals surface area (Å²) < 4.78 is 11.4. The third-order valence-electron chi connectivity index (χ3n) is 2.40. The fourth-order valence-electron chi connectivity index (χ4n) is 1.53. The summed E-state index contributed by atoms with van der Waals surface area (Å²) in [6.07, 6.45) is 0.625. The zero-order chi connectivity index (χ0) is 11.5. The number of carbonyl (C=O) groups is 1. The maximum absolute atomic E-state index is 11.8. The number of ether oxygens (including phenoxy) is 2. The molecule has 5 heteroatoms. The number of halogens is 1. The molecule has 0 aromatic heterocycles. The van der Waals surface area contributed by atoms with Crippen LogP contribution in [0.4, 0.5) is 5.69 Å². The van der Waals surface area contributed by atoms with Crippen LogP contribution in [0.5, 0.6) is 0 Å². The first-order chi connectivity index (χ1) is 7.66. The van der Waals surface area contributed by atoms with Gasteiger partial charge in [0.15, 0.2) is 0 Å². The van der Waals surface area contributed by atoms with Gasteiger partial charge in [-0.15, -0.1) is 0 Å². The lowest BCUT2D eigenvalue weighted by Gasteiger charge is -2.11.